The number of amides is 1. The van der Waals surface area contributed by atoms with Crippen LogP contribution in [0.1, 0.15) is 34.6 Å². The van der Waals surface area contributed by atoms with Crippen LogP contribution in [-0.2, 0) is 14.3 Å². The highest BCUT2D eigenvalue weighted by Gasteiger charge is 2.32. The zero-order valence-electron chi connectivity index (χ0n) is 10.5. The van der Waals surface area contributed by atoms with Gasteiger partial charge in [0.25, 0.3) is 0 Å². The van der Waals surface area contributed by atoms with Gasteiger partial charge in [0.15, 0.2) is 0 Å². The lowest BCUT2D eigenvalue weighted by molar-refractivity contribution is -0.145. The summed E-state index contributed by atoms with van der Waals surface area (Å²) < 4.78 is 5.09. The van der Waals surface area contributed by atoms with Crippen molar-refractivity contribution < 1.29 is 19.4 Å². The molecule has 0 spiro atoms. The third-order valence-corrected chi connectivity index (χ3v) is 1.97. The molecule has 0 bridgehead atoms. The van der Waals surface area contributed by atoms with Crippen molar-refractivity contribution in [2.75, 3.05) is 6.61 Å². The van der Waals surface area contributed by atoms with E-state index in [1.54, 1.807) is 20.8 Å². The molecule has 5 heteroatoms. The zero-order chi connectivity index (χ0) is 12.9. The molecule has 0 rings (SSSR count). The Bertz CT molecular complexity index is 255. The van der Waals surface area contributed by atoms with Crippen LogP contribution in [0.4, 0.5) is 0 Å². The molecule has 0 saturated carbocycles. The molecule has 16 heavy (non-hydrogen) atoms. The molecule has 0 radical (unpaired) electrons. The summed E-state index contributed by atoms with van der Waals surface area (Å²) in [7, 11) is 0. The van der Waals surface area contributed by atoms with Crippen molar-refractivity contribution in [1.82, 2.24) is 5.32 Å². The molecule has 0 aliphatic carbocycles. The number of hydrogen-bond acceptors (Lipinski definition) is 3. The molecule has 0 aromatic heterocycles. The lowest BCUT2D eigenvalue weighted by atomic mass is 9.87. The third kappa shape index (κ3) is 5.70. The van der Waals surface area contributed by atoms with Crippen LogP contribution in [-0.4, -0.2) is 35.7 Å². The Balaban J connectivity index is 4.32. The number of ether oxygens (including phenoxy) is 1. The van der Waals surface area contributed by atoms with Gasteiger partial charge in [0.05, 0.1) is 6.10 Å². The monoisotopic (exact) mass is 231 g/mol. The Morgan fingerprint density at radius 3 is 2.12 bits per heavy atom. The maximum absolute atomic E-state index is 11.4. The fourth-order valence-electron chi connectivity index (χ4n) is 1.09. The maximum atomic E-state index is 11.4. The van der Waals surface area contributed by atoms with E-state index in [4.69, 9.17) is 9.84 Å². The molecule has 0 unspecified atom stereocenters. The van der Waals surface area contributed by atoms with Gasteiger partial charge in [0.2, 0.25) is 5.91 Å². The van der Waals surface area contributed by atoms with Crippen LogP contribution in [0, 0.1) is 5.41 Å². The SMILES string of the molecule is CC(C)OCC(=O)N[C@H](C(=O)O)C(C)(C)C. The van der Waals surface area contributed by atoms with Gasteiger partial charge in [-0.25, -0.2) is 4.79 Å². The predicted octanol–water partition coefficient (Wildman–Crippen LogP) is 1.03. The summed E-state index contributed by atoms with van der Waals surface area (Å²) in [5, 5.41) is 11.4. The molecule has 0 aromatic rings. The van der Waals surface area contributed by atoms with Crippen molar-refractivity contribution >= 4 is 11.9 Å². The number of aliphatic carboxylic acids is 1. The van der Waals surface area contributed by atoms with E-state index in [0.29, 0.717) is 0 Å². The molecule has 0 heterocycles. The summed E-state index contributed by atoms with van der Waals surface area (Å²) in [6.07, 6.45) is -0.0522. The van der Waals surface area contributed by atoms with E-state index in [2.05, 4.69) is 5.32 Å². The topological polar surface area (TPSA) is 75.6 Å². The van der Waals surface area contributed by atoms with Crippen LogP contribution >= 0.6 is 0 Å². The molecular formula is C11H21NO4. The first-order chi connectivity index (χ1) is 7.14. The lowest BCUT2D eigenvalue weighted by Gasteiger charge is -2.27. The molecule has 0 aromatic carbocycles. The highest BCUT2D eigenvalue weighted by molar-refractivity contribution is 5.84. The standard InChI is InChI=1S/C11H21NO4/c1-7(2)16-6-8(13)12-9(10(14)15)11(3,4)5/h7,9H,6H2,1-5H3,(H,12,13)(H,14,15)/t9-/m1/s1. The van der Waals surface area contributed by atoms with E-state index in [-0.39, 0.29) is 12.7 Å². The van der Waals surface area contributed by atoms with E-state index in [0.717, 1.165) is 0 Å². The van der Waals surface area contributed by atoms with Gasteiger partial charge < -0.3 is 15.2 Å². The summed E-state index contributed by atoms with van der Waals surface area (Å²) in [5.74, 6) is -1.44. The fraction of sp³-hybridized carbons (Fsp3) is 0.818. The minimum absolute atomic E-state index is 0.0522. The summed E-state index contributed by atoms with van der Waals surface area (Å²) in [5.41, 5.74) is -0.528. The highest BCUT2D eigenvalue weighted by Crippen LogP contribution is 2.19. The number of rotatable bonds is 5. The second kappa shape index (κ2) is 5.84. The first-order valence-corrected chi connectivity index (χ1v) is 5.28. The van der Waals surface area contributed by atoms with E-state index < -0.39 is 23.3 Å². The summed E-state index contributed by atoms with van der Waals surface area (Å²) in [4.78, 5) is 22.4. The third-order valence-electron chi connectivity index (χ3n) is 1.97. The number of carbonyl (C=O) groups is 2. The van der Waals surface area contributed by atoms with E-state index in [1.165, 1.54) is 0 Å². The predicted molar refractivity (Wildman–Crippen MR) is 60.1 cm³/mol. The average Bonchev–Trinajstić information content (AvgIpc) is 2.08. The minimum Gasteiger partial charge on any atom is -0.480 e. The zero-order valence-corrected chi connectivity index (χ0v) is 10.5. The first-order valence-electron chi connectivity index (χ1n) is 5.28. The van der Waals surface area contributed by atoms with Gasteiger partial charge in [-0.1, -0.05) is 20.8 Å². The molecule has 0 aliphatic heterocycles. The highest BCUT2D eigenvalue weighted by atomic mass is 16.5. The van der Waals surface area contributed by atoms with Crippen LogP contribution in [0.25, 0.3) is 0 Å². The van der Waals surface area contributed by atoms with Gasteiger partial charge in [-0.2, -0.15) is 0 Å². The van der Waals surface area contributed by atoms with Gasteiger partial charge in [0.1, 0.15) is 12.6 Å². The quantitative estimate of drug-likeness (QED) is 0.741. The van der Waals surface area contributed by atoms with Crippen LogP contribution in [0.3, 0.4) is 0 Å². The molecule has 94 valence electrons. The molecular weight excluding hydrogens is 210 g/mol. The normalized spacial score (nSPS) is 13.6. The largest absolute Gasteiger partial charge is 0.480 e. The van der Waals surface area contributed by atoms with Crippen LogP contribution in [0.5, 0.6) is 0 Å². The van der Waals surface area contributed by atoms with Gasteiger partial charge in [-0.3, -0.25) is 4.79 Å². The van der Waals surface area contributed by atoms with Crippen molar-refractivity contribution in [1.29, 1.82) is 0 Å². The number of carbonyl (C=O) groups excluding carboxylic acids is 1. The van der Waals surface area contributed by atoms with Crippen molar-refractivity contribution in [3.05, 3.63) is 0 Å². The second-order valence-electron chi connectivity index (χ2n) is 5.06. The number of carboxylic acids is 1. The van der Waals surface area contributed by atoms with Crippen molar-refractivity contribution in [3.8, 4) is 0 Å². The molecule has 0 fully saturated rings. The Labute approximate surface area is 96.2 Å². The smallest absolute Gasteiger partial charge is 0.326 e. The minimum atomic E-state index is -1.04. The number of nitrogens with one attached hydrogen (secondary N) is 1. The molecule has 1 atom stereocenters. The Kier molecular flexibility index (Phi) is 5.44. The molecule has 0 aliphatic rings. The van der Waals surface area contributed by atoms with Crippen LogP contribution in [0.2, 0.25) is 0 Å². The van der Waals surface area contributed by atoms with Gasteiger partial charge in [-0.15, -0.1) is 0 Å². The van der Waals surface area contributed by atoms with Gasteiger partial charge in [0, 0.05) is 0 Å². The molecule has 1 amide bonds. The van der Waals surface area contributed by atoms with Gasteiger partial charge >= 0.3 is 5.97 Å². The maximum Gasteiger partial charge on any atom is 0.326 e. The second-order valence-corrected chi connectivity index (χ2v) is 5.06. The average molecular weight is 231 g/mol. The van der Waals surface area contributed by atoms with Gasteiger partial charge in [-0.05, 0) is 19.3 Å². The Morgan fingerprint density at radius 1 is 1.31 bits per heavy atom. The molecule has 0 saturated heterocycles. The van der Waals surface area contributed by atoms with Crippen molar-refractivity contribution in [2.45, 2.75) is 46.8 Å². The van der Waals surface area contributed by atoms with Crippen molar-refractivity contribution in [3.63, 3.8) is 0 Å². The summed E-state index contributed by atoms with van der Waals surface area (Å²) >= 11 is 0. The van der Waals surface area contributed by atoms with E-state index in [1.807, 2.05) is 13.8 Å². The molecule has 5 nitrogen and oxygen atoms in total. The van der Waals surface area contributed by atoms with Crippen molar-refractivity contribution in [2.24, 2.45) is 5.41 Å². The van der Waals surface area contributed by atoms with Crippen LogP contribution in [0.15, 0.2) is 0 Å². The number of carboxylic acid groups (broad SMARTS) is 1. The Hall–Kier alpha value is -1.10. The van der Waals surface area contributed by atoms with E-state index in [9.17, 15) is 9.59 Å². The Morgan fingerprint density at radius 2 is 1.81 bits per heavy atom. The van der Waals surface area contributed by atoms with E-state index >= 15 is 0 Å². The molecule has 2 N–H and O–H groups in total. The lowest BCUT2D eigenvalue weighted by Crippen LogP contribution is -2.50. The number of hydrogen-bond donors (Lipinski definition) is 2. The summed E-state index contributed by atoms with van der Waals surface area (Å²) in [6.45, 7) is 8.79. The first kappa shape index (κ1) is 14.9. The summed E-state index contributed by atoms with van der Waals surface area (Å²) in [6, 6.07) is -0.907. The fourth-order valence-corrected chi connectivity index (χ4v) is 1.09. The van der Waals surface area contributed by atoms with Crippen LogP contribution < -0.4 is 5.32 Å².